The molecule has 0 aromatic rings. The van der Waals surface area contributed by atoms with E-state index in [-0.39, 0.29) is 0 Å². The van der Waals surface area contributed by atoms with Gasteiger partial charge >= 0.3 is 0 Å². The molecule has 0 saturated heterocycles. The van der Waals surface area contributed by atoms with Crippen molar-refractivity contribution < 1.29 is 0 Å². The SMILES string of the molecule is C=CC(/C(C)=C\C)=C(C)\C=C/C.CC. The van der Waals surface area contributed by atoms with E-state index < -0.39 is 0 Å². The van der Waals surface area contributed by atoms with Crippen LogP contribution in [0.15, 0.2) is 47.6 Å². The molecule has 0 saturated carbocycles. The molecule has 0 aliphatic heterocycles. The van der Waals surface area contributed by atoms with Gasteiger partial charge in [0.05, 0.1) is 0 Å². The number of hydrogen-bond acceptors (Lipinski definition) is 0. The van der Waals surface area contributed by atoms with E-state index in [1.807, 2.05) is 39.8 Å². The topological polar surface area (TPSA) is 0 Å². The number of allylic oxidation sites excluding steroid dienone is 7. The fraction of sp³-hybridized carbons (Fsp3) is 0.429. The van der Waals surface area contributed by atoms with Crippen LogP contribution in [0.4, 0.5) is 0 Å². The van der Waals surface area contributed by atoms with Crippen LogP contribution in [0.25, 0.3) is 0 Å². The standard InChI is InChI=1S/C12H18.C2H6/c1-6-9-11(5)12(8-3)10(4)7-2;1-2/h6-9H,3H2,1-2,4-5H3;1-2H3/b9-6-,10-7-,12-11+;. The molecule has 0 heterocycles. The average molecular weight is 192 g/mol. The fourth-order valence-electron chi connectivity index (χ4n) is 1.13. The van der Waals surface area contributed by atoms with Gasteiger partial charge in [-0.25, -0.2) is 0 Å². The first-order chi connectivity index (χ1) is 6.67. The Morgan fingerprint density at radius 2 is 1.57 bits per heavy atom. The molecule has 0 aromatic carbocycles. The van der Waals surface area contributed by atoms with E-state index in [0.29, 0.717) is 0 Å². The van der Waals surface area contributed by atoms with Crippen LogP contribution in [0, 0.1) is 0 Å². The summed E-state index contributed by atoms with van der Waals surface area (Å²) in [5, 5.41) is 0. The zero-order valence-corrected chi connectivity index (χ0v) is 10.5. The van der Waals surface area contributed by atoms with Gasteiger partial charge in [0, 0.05) is 0 Å². The van der Waals surface area contributed by atoms with Gasteiger partial charge in [0.15, 0.2) is 0 Å². The van der Waals surface area contributed by atoms with Crippen LogP contribution in [-0.4, -0.2) is 0 Å². The number of rotatable bonds is 3. The molecule has 0 heteroatoms. The maximum Gasteiger partial charge on any atom is -0.0207 e. The van der Waals surface area contributed by atoms with Crippen LogP contribution in [-0.2, 0) is 0 Å². The third-order valence-electron chi connectivity index (χ3n) is 1.90. The summed E-state index contributed by atoms with van der Waals surface area (Å²) in [4.78, 5) is 0. The van der Waals surface area contributed by atoms with Crippen molar-refractivity contribution in [3.8, 4) is 0 Å². The Kier molecular flexibility index (Phi) is 11.1. The summed E-state index contributed by atoms with van der Waals surface area (Å²) in [6.45, 7) is 16.1. The fourth-order valence-corrected chi connectivity index (χ4v) is 1.13. The zero-order chi connectivity index (χ0) is 11.6. The van der Waals surface area contributed by atoms with Crippen molar-refractivity contribution in [1.29, 1.82) is 0 Å². The number of hydrogen-bond donors (Lipinski definition) is 0. The molecule has 0 fully saturated rings. The Hall–Kier alpha value is -1.04. The molecule has 0 aromatic heterocycles. The third-order valence-corrected chi connectivity index (χ3v) is 1.90. The minimum Gasteiger partial charge on any atom is -0.0985 e. The first-order valence-corrected chi connectivity index (χ1v) is 5.26. The molecule has 0 atom stereocenters. The van der Waals surface area contributed by atoms with E-state index in [1.54, 1.807) is 0 Å². The lowest BCUT2D eigenvalue weighted by atomic mass is 10.0. The summed E-state index contributed by atoms with van der Waals surface area (Å²) in [5.41, 5.74) is 3.78. The van der Waals surface area contributed by atoms with Crippen molar-refractivity contribution >= 4 is 0 Å². The first-order valence-electron chi connectivity index (χ1n) is 5.26. The van der Waals surface area contributed by atoms with Crippen LogP contribution < -0.4 is 0 Å². The lowest BCUT2D eigenvalue weighted by Crippen LogP contribution is -1.84. The predicted molar refractivity (Wildman–Crippen MR) is 68.5 cm³/mol. The summed E-state index contributed by atoms with van der Waals surface area (Å²) in [6, 6.07) is 0. The van der Waals surface area contributed by atoms with Gasteiger partial charge < -0.3 is 0 Å². The zero-order valence-electron chi connectivity index (χ0n) is 10.5. The average Bonchev–Trinajstić information content (AvgIpc) is 2.22. The third kappa shape index (κ3) is 5.58. The lowest BCUT2D eigenvalue weighted by Gasteiger charge is -2.04. The van der Waals surface area contributed by atoms with Gasteiger partial charge in [-0.3, -0.25) is 0 Å². The molecule has 0 N–H and O–H groups in total. The van der Waals surface area contributed by atoms with E-state index in [9.17, 15) is 0 Å². The van der Waals surface area contributed by atoms with E-state index in [1.165, 1.54) is 16.7 Å². The van der Waals surface area contributed by atoms with Gasteiger partial charge in [0.25, 0.3) is 0 Å². The molecular weight excluding hydrogens is 168 g/mol. The second-order valence-corrected chi connectivity index (χ2v) is 2.77. The van der Waals surface area contributed by atoms with Gasteiger partial charge in [-0.05, 0) is 44.4 Å². The highest BCUT2D eigenvalue weighted by atomic mass is 14.0. The van der Waals surface area contributed by atoms with Crippen molar-refractivity contribution in [2.45, 2.75) is 41.5 Å². The second kappa shape index (κ2) is 10.0. The van der Waals surface area contributed by atoms with Gasteiger partial charge in [-0.1, -0.05) is 44.7 Å². The Labute approximate surface area is 89.7 Å². The molecule has 0 nitrogen and oxygen atoms in total. The molecule has 14 heavy (non-hydrogen) atoms. The van der Waals surface area contributed by atoms with Crippen molar-refractivity contribution in [1.82, 2.24) is 0 Å². The molecule has 80 valence electrons. The minimum absolute atomic E-state index is 1.23. The molecule has 0 spiro atoms. The van der Waals surface area contributed by atoms with Crippen LogP contribution in [0.3, 0.4) is 0 Å². The Balaban J connectivity index is 0. The van der Waals surface area contributed by atoms with Crippen molar-refractivity contribution in [3.05, 3.63) is 47.6 Å². The van der Waals surface area contributed by atoms with Crippen molar-refractivity contribution in [2.24, 2.45) is 0 Å². The summed E-state index contributed by atoms with van der Waals surface area (Å²) in [7, 11) is 0. The molecule has 0 amide bonds. The minimum atomic E-state index is 1.23. The Morgan fingerprint density at radius 3 is 1.86 bits per heavy atom. The van der Waals surface area contributed by atoms with Crippen LogP contribution >= 0.6 is 0 Å². The van der Waals surface area contributed by atoms with E-state index in [0.717, 1.165) is 0 Å². The van der Waals surface area contributed by atoms with Gasteiger partial charge in [-0.2, -0.15) is 0 Å². The van der Waals surface area contributed by atoms with Crippen LogP contribution in [0.2, 0.25) is 0 Å². The molecule has 0 unspecified atom stereocenters. The summed E-state index contributed by atoms with van der Waals surface area (Å²) in [6.07, 6.45) is 8.15. The monoisotopic (exact) mass is 192 g/mol. The van der Waals surface area contributed by atoms with E-state index in [4.69, 9.17) is 0 Å². The molecule has 0 radical (unpaired) electrons. The van der Waals surface area contributed by atoms with Gasteiger partial charge in [0.1, 0.15) is 0 Å². The largest absolute Gasteiger partial charge is 0.0985 e. The summed E-state index contributed by atoms with van der Waals surface area (Å²) < 4.78 is 0. The van der Waals surface area contributed by atoms with Crippen LogP contribution in [0.1, 0.15) is 41.5 Å². The maximum absolute atomic E-state index is 3.80. The quantitative estimate of drug-likeness (QED) is 0.548. The summed E-state index contributed by atoms with van der Waals surface area (Å²) in [5.74, 6) is 0. The Morgan fingerprint density at radius 1 is 1.07 bits per heavy atom. The van der Waals surface area contributed by atoms with Crippen molar-refractivity contribution in [3.63, 3.8) is 0 Å². The van der Waals surface area contributed by atoms with Crippen molar-refractivity contribution in [2.75, 3.05) is 0 Å². The highest BCUT2D eigenvalue weighted by molar-refractivity contribution is 5.44. The predicted octanol–water partition coefficient (Wildman–Crippen LogP) is 5.06. The Bertz CT molecular complexity index is 237. The van der Waals surface area contributed by atoms with Gasteiger partial charge in [0.2, 0.25) is 0 Å². The highest BCUT2D eigenvalue weighted by Crippen LogP contribution is 2.16. The van der Waals surface area contributed by atoms with E-state index in [2.05, 4.69) is 32.6 Å². The molecule has 0 rings (SSSR count). The smallest absolute Gasteiger partial charge is 0.0207 e. The lowest BCUT2D eigenvalue weighted by molar-refractivity contribution is 1.33. The molecule has 0 aliphatic rings. The maximum atomic E-state index is 3.80. The molecular formula is C14H24. The highest BCUT2D eigenvalue weighted by Gasteiger charge is 1.96. The van der Waals surface area contributed by atoms with Gasteiger partial charge in [-0.15, -0.1) is 0 Å². The second-order valence-electron chi connectivity index (χ2n) is 2.77. The molecule has 0 bridgehead atoms. The van der Waals surface area contributed by atoms with E-state index >= 15 is 0 Å². The molecule has 0 aliphatic carbocycles. The first kappa shape index (κ1) is 15.4. The normalized spacial score (nSPS) is 13.1. The summed E-state index contributed by atoms with van der Waals surface area (Å²) >= 11 is 0. The van der Waals surface area contributed by atoms with Crippen LogP contribution in [0.5, 0.6) is 0 Å².